The molecule has 3 rings (SSSR count). The Morgan fingerprint density at radius 3 is 2.62 bits per heavy atom. The maximum absolute atomic E-state index is 12.8. The molecule has 0 saturated heterocycles. The monoisotopic (exact) mass is 363 g/mol. The molecule has 26 heavy (non-hydrogen) atoms. The summed E-state index contributed by atoms with van der Waals surface area (Å²) >= 11 is 1.37. The van der Waals surface area contributed by atoms with Gasteiger partial charge in [0.05, 0.1) is 17.0 Å². The summed E-state index contributed by atoms with van der Waals surface area (Å²) in [5.74, 6) is 0. The topological polar surface area (TPSA) is 58.7 Å². The minimum atomic E-state index is -0.297. The van der Waals surface area contributed by atoms with Gasteiger partial charge < -0.3 is 0 Å². The van der Waals surface area contributed by atoms with Gasteiger partial charge in [-0.2, -0.15) is 5.26 Å². The molecule has 2 aromatic carbocycles. The first kappa shape index (κ1) is 18.2. The van der Waals surface area contributed by atoms with E-state index in [1.54, 1.807) is 10.6 Å². The lowest BCUT2D eigenvalue weighted by Crippen LogP contribution is -2.24. The van der Waals surface area contributed by atoms with Crippen LogP contribution in [-0.4, -0.2) is 14.8 Å². The first-order valence-electron chi connectivity index (χ1n) is 8.73. The molecule has 5 heteroatoms. The summed E-state index contributed by atoms with van der Waals surface area (Å²) < 4.78 is 1.70. The van der Waals surface area contributed by atoms with Gasteiger partial charge in [0.1, 0.15) is 5.25 Å². The second-order valence-electron chi connectivity index (χ2n) is 6.29. The molecule has 0 N–H and O–H groups in total. The van der Waals surface area contributed by atoms with Gasteiger partial charge in [-0.25, -0.2) is 4.98 Å². The van der Waals surface area contributed by atoms with Crippen LogP contribution in [0.2, 0.25) is 0 Å². The zero-order chi connectivity index (χ0) is 18.5. The molecule has 0 aliphatic carbocycles. The number of thioether (sulfide) groups is 1. The predicted molar refractivity (Wildman–Crippen MR) is 106 cm³/mol. The van der Waals surface area contributed by atoms with E-state index >= 15 is 0 Å². The molecule has 3 aromatic rings. The molecule has 0 amide bonds. The van der Waals surface area contributed by atoms with Crippen LogP contribution in [0.1, 0.15) is 24.5 Å². The van der Waals surface area contributed by atoms with Gasteiger partial charge in [0.25, 0.3) is 5.56 Å². The predicted octanol–water partition coefficient (Wildman–Crippen LogP) is 4.34. The summed E-state index contributed by atoms with van der Waals surface area (Å²) in [6, 6.07) is 17.9. The van der Waals surface area contributed by atoms with Crippen LogP contribution in [0, 0.1) is 18.3 Å². The summed E-state index contributed by atoms with van der Waals surface area (Å²) in [7, 11) is 0. The van der Waals surface area contributed by atoms with E-state index in [0.717, 1.165) is 12.0 Å². The number of nitrogens with zero attached hydrogens (tertiary/aromatic N) is 3. The smallest absolute Gasteiger partial charge is 0.262 e. The molecule has 0 bridgehead atoms. The van der Waals surface area contributed by atoms with Crippen LogP contribution >= 0.6 is 11.8 Å². The molecule has 0 fully saturated rings. The van der Waals surface area contributed by atoms with Crippen molar-refractivity contribution in [3.05, 3.63) is 70.0 Å². The van der Waals surface area contributed by atoms with Crippen LogP contribution in [0.3, 0.4) is 0 Å². The number of aromatic nitrogens is 2. The summed E-state index contributed by atoms with van der Waals surface area (Å²) in [5.41, 5.74) is 2.95. The summed E-state index contributed by atoms with van der Waals surface area (Å²) in [4.78, 5) is 17.5. The third-order valence-electron chi connectivity index (χ3n) is 4.21. The van der Waals surface area contributed by atoms with Crippen molar-refractivity contribution in [2.75, 3.05) is 0 Å². The number of aryl methyl sites for hydroxylation is 1. The summed E-state index contributed by atoms with van der Waals surface area (Å²) in [6.45, 7) is 4.68. The Bertz CT molecular complexity index is 1000. The molecule has 132 valence electrons. The maximum atomic E-state index is 12.8. The Morgan fingerprint density at radius 2 is 1.92 bits per heavy atom. The van der Waals surface area contributed by atoms with Crippen LogP contribution in [0.15, 0.2) is 58.5 Å². The SMILES string of the molecule is CCCn1c(SC(C#N)Cc2ccc(C)cc2)nc2ccccc2c1=O. The standard InChI is InChI=1S/C21H21N3OS/c1-3-12-24-20(25)18-6-4-5-7-19(18)23-21(24)26-17(14-22)13-16-10-8-15(2)9-11-16/h4-11,17H,3,12-13H2,1-2H3. The zero-order valence-electron chi connectivity index (χ0n) is 15.0. The molecule has 0 aliphatic heterocycles. The third kappa shape index (κ3) is 3.97. The van der Waals surface area contributed by atoms with Gasteiger partial charge in [0, 0.05) is 6.54 Å². The van der Waals surface area contributed by atoms with Gasteiger partial charge in [-0.3, -0.25) is 9.36 Å². The number of benzene rings is 2. The van der Waals surface area contributed by atoms with Crippen LogP contribution in [0.25, 0.3) is 10.9 Å². The van der Waals surface area contributed by atoms with Gasteiger partial charge in [-0.15, -0.1) is 0 Å². The maximum Gasteiger partial charge on any atom is 0.262 e. The number of hydrogen-bond donors (Lipinski definition) is 0. The second-order valence-corrected chi connectivity index (χ2v) is 7.46. The first-order chi connectivity index (χ1) is 12.6. The van der Waals surface area contributed by atoms with Crippen molar-refractivity contribution in [1.82, 2.24) is 9.55 Å². The minimum absolute atomic E-state index is 0.0352. The van der Waals surface area contributed by atoms with E-state index in [4.69, 9.17) is 0 Å². The Balaban J connectivity index is 1.95. The van der Waals surface area contributed by atoms with Crippen molar-refractivity contribution in [2.45, 2.75) is 43.6 Å². The molecule has 4 nitrogen and oxygen atoms in total. The normalized spacial score (nSPS) is 12.0. The molecule has 1 aromatic heterocycles. The Labute approximate surface area is 157 Å². The molecule has 0 aliphatic rings. The second kappa shape index (κ2) is 8.20. The van der Waals surface area contributed by atoms with Crippen molar-refractivity contribution in [1.29, 1.82) is 5.26 Å². The number of rotatable bonds is 6. The van der Waals surface area contributed by atoms with Crippen molar-refractivity contribution in [2.24, 2.45) is 0 Å². The molecule has 1 atom stereocenters. The van der Waals surface area contributed by atoms with Gasteiger partial charge in [-0.05, 0) is 37.5 Å². The highest BCUT2D eigenvalue weighted by atomic mass is 32.2. The van der Waals surface area contributed by atoms with Gasteiger partial charge in [0.2, 0.25) is 0 Å². The van der Waals surface area contributed by atoms with E-state index in [1.807, 2.05) is 44.2 Å². The van der Waals surface area contributed by atoms with Crippen LogP contribution in [-0.2, 0) is 13.0 Å². The van der Waals surface area contributed by atoms with E-state index in [9.17, 15) is 10.1 Å². The molecular formula is C21H21N3OS. The lowest BCUT2D eigenvalue weighted by molar-refractivity contribution is 0.584. The Morgan fingerprint density at radius 1 is 1.19 bits per heavy atom. The molecule has 1 heterocycles. The van der Waals surface area contributed by atoms with E-state index < -0.39 is 0 Å². The molecule has 0 saturated carbocycles. The van der Waals surface area contributed by atoms with E-state index in [0.29, 0.717) is 29.0 Å². The van der Waals surface area contributed by atoms with Crippen molar-refractivity contribution >= 4 is 22.7 Å². The number of fused-ring (bicyclic) bond motifs is 1. The quantitative estimate of drug-likeness (QED) is 0.483. The molecular weight excluding hydrogens is 342 g/mol. The van der Waals surface area contributed by atoms with E-state index in [2.05, 4.69) is 23.2 Å². The number of para-hydroxylation sites is 1. The fraction of sp³-hybridized carbons (Fsp3) is 0.286. The lowest BCUT2D eigenvalue weighted by atomic mass is 10.1. The first-order valence-corrected chi connectivity index (χ1v) is 9.61. The van der Waals surface area contributed by atoms with Crippen LogP contribution in [0.5, 0.6) is 0 Å². The van der Waals surface area contributed by atoms with E-state index in [1.165, 1.54) is 17.3 Å². The molecule has 0 spiro atoms. The van der Waals surface area contributed by atoms with Crippen molar-refractivity contribution in [3.8, 4) is 6.07 Å². The van der Waals surface area contributed by atoms with E-state index in [-0.39, 0.29) is 10.8 Å². The fourth-order valence-corrected chi connectivity index (χ4v) is 3.87. The van der Waals surface area contributed by atoms with Gasteiger partial charge >= 0.3 is 0 Å². The summed E-state index contributed by atoms with van der Waals surface area (Å²) in [6.07, 6.45) is 1.46. The third-order valence-corrected chi connectivity index (χ3v) is 5.29. The van der Waals surface area contributed by atoms with Crippen molar-refractivity contribution in [3.63, 3.8) is 0 Å². The minimum Gasteiger partial charge on any atom is -0.287 e. The van der Waals surface area contributed by atoms with Crippen LogP contribution < -0.4 is 5.56 Å². The highest BCUT2D eigenvalue weighted by Gasteiger charge is 2.17. The summed E-state index contributed by atoms with van der Waals surface area (Å²) in [5, 5.41) is 10.6. The Kier molecular flexibility index (Phi) is 5.75. The lowest BCUT2D eigenvalue weighted by Gasteiger charge is -2.15. The van der Waals surface area contributed by atoms with Gasteiger partial charge in [0.15, 0.2) is 5.16 Å². The van der Waals surface area contributed by atoms with Crippen molar-refractivity contribution < 1.29 is 0 Å². The number of nitriles is 1. The van der Waals surface area contributed by atoms with Gasteiger partial charge in [-0.1, -0.05) is 60.6 Å². The Hall–Kier alpha value is -2.58. The average Bonchev–Trinajstić information content (AvgIpc) is 2.66. The highest BCUT2D eigenvalue weighted by molar-refractivity contribution is 8.00. The largest absolute Gasteiger partial charge is 0.287 e. The molecule has 1 unspecified atom stereocenters. The average molecular weight is 363 g/mol. The zero-order valence-corrected chi connectivity index (χ0v) is 15.8. The van der Waals surface area contributed by atoms with Crippen LogP contribution in [0.4, 0.5) is 0 Å². The number of hydrogen-bond acceptors (Lipinski definition) is 4. The fourth-order valence-electron chi connectivity index (χ4n) is 2.84. The molecule has 0 radical (unpaired) electrons. The highest BCUT2D eigenvalue weighted by Crippen LogP contribution is 2.25.